The van der Waals surface area contributed by atoms with Gasteiger partial charge in [0.25, 0.3) is 0 Å². The minimum absolute atomic E-state index is 0.220. The number of rotatable bonds is 7. The van der Waals surface area contributed by atoms with Crippen molar-refractivity contribution in [3.05, 3.63) is 35.4 Å². The van der Waals surface area contributed by atoms with Crippen molar-refractivity contribution >= 4 is 5.96 Å². The van der Waals surface area contributed by atoms with Crippen LogP contribution in [0, 0.1) is 11.8 Å². The van der Waals surface area contributed by atoms with Crippen LogP contribution in [0.3, 0.4) is 0 Å². The third-order valence-corrected chi connectivity index (χ3v) is 4.93. The normalized spacial score (nSPS) is 22.9. The smallest absolute Gasteiger partial charge is 0.191 e. The summed E-state index contributed by atoms with van der Waals surface area (Å²) in [6.07, 6.45) is 1.35. The van der Waals surface area contributed by atoms with Gasteiger partial charge in [-0.05, 0) is 36.3 Å². The summed E-state index contributed by atoms with van der Waals surface area (Å²) in [4.78, 5) is 6.92. The third-order valence-electron chi connectivity index (χ3n) is 4.93. The van der Waals surface area contributed by atoms with E-state index in [4.69, 9.17) is 4.74 Å². The Morgan fingerprint density at radius 2 is 1.88 bits per heavy atom. The quantitative estimate of drug-likeness (QED) is 0.580. The largest absolute Gasteiger partial charge is 0.383 e. The van der Waals surface area contributed by atoms with Crippen molar-refractivity contribution in [1.82, 2.24) is 15.5 Å². The molecular formula is C21H36N4O. The molecule has 1 saturated heterocycles. The van der Waals surface area contributed by atoms with E-state index in [0.717, 1.165) is 30.9 Å². The molecule has 0 saturated carbocycles. The lowest BCUT2D eigenvalue weighted by Crippen LogP contribution is -2.43. The fourth-order valence-corrected chi connectivity index (χ4v) is 3.94. The molecule has 1 aliphatic heterocycles. The Bertz CT molecular complexity index is 565. The number of ether oxygens (including phenoxy) is 1. The number of methoxy groups -OCH3 is 1. The van der Waals surface area contributed by atoms with Gasteiger partial charge < -0.3 is 15.4 Å². The van der Waals surface area contributed by atoms with Gasteiger partial charge in [-0.3, -0.25) is 9.89 Å². The lowest BCUT2D eigenvalue weighted by Gasteiger charge is -2.35. The van der Waals surface area contributed by atoms with Crippen LogP contribution in [-0.2, 0) is 17.8 Å². The van der Waals surface area contributed by atoms with E-state index in [1.807, 2.05) is 0 Å². The fraction of sp³-hybridized carbons (Fsp3) is 0.667. The molecule has 1 aliphatic rings. The van der Waals surface area contributed by atoms with Crippen LogP contribution >= 0.6 is 0 Å². The molecule has 0 radical (unpaired) electrons. The summed E-state index contributed by atoms with van der Waals surface area (Å²) in [6.45, 7) is 11.7. The molecular weight excluding hydrogens is 324 g/mol. The number of aliphatic imine (C=N–C) groups is 1. The van der Waals surface area contributed by atoms with Crippen LogP contribution < -0.4 is 10.6 Å². The Labute approximate surface area is 159 Å². The van der Waals surface area contributed by atoms with Crippen molar-refractivity contribution in [2.75, 3.05) is 33.9 Å². The number of likely N-dealkylation sites (tertiary alicyclic amines) is 1. The van der Waals surface area contributed by atoms with Crippen LogP contribution in [0.1, 0.15) is 38.3 Å². The summed E-state index contributed by atoms with van der Waals surface area (Å²) in [5.74, 6) is 2.38. The summed E-state index contributed by atoms with van der Waals surface area (Å²) in [5.41, 5.74) is 2.74. The Balaban J connectivity index is 1.95. The predicted octanol–water partition coefficient (Wildman–Crippen LogP) is 2.86. The van der Waals surface area contributed by atoms with Crippen LogP contribution in [0.5, 0.6) is 0 Å². The number of nitrogens with one attached hydrogen (secondary N) is 2. The van der Waals surface area contributed by atoms with Crippen LogP contribution in [0.25, 0.3) is 0 Å². The van der Waals surface area contributed by atoms with Gasteiger partial charge in [-0.15, -0.1) is 0 Å². The van der Waals surface area contributed by atoms with Gasteiger partial charge in [-0.2, -0.15) is 0 Å². The van der Waals surface area contributed by atoms with Gasteiger partial charge >= 0.3 is 0 Å². The molecule has 0 bridgehead atoms. The fourth-order valence-electron chi connectivity index (χ4n) is 3.94. The Morgan fingerprint density at radius 3 is 2.50 bits per heavy atom. The molecule has 0 aromatic heterocycles. The van der Waals surface area contributed by atoms with Crippen molar-refractivity contribution < 1.29 is 4.74 Å². The molecule has 3 unspecified atom stereocenters. The van der Waals surface area contributed by atoms with Crippen molar-refractivity contribution in [2.45, 2.75) is 46.3 Å². The van der Waals surface area contributed by atoms with Gasteiger partial charge in [0, 0.05) is 46.4 Å². The van der Waals surface area contributed by atoms with Gasteiger partial charge in [0.2, 0.25) is 0 Å². The number of hydrogen-bond acceptors (Lipinski definition) is 3. The molecule has 0 aliphatic carbocycles. The molecule has 5 nitrogen and oxygen atoms in total. The van der Waals surface area contributed by atoms with E-state index in [9.17, 15) is 0 Å². The molecule has 1 fully saturated rings. The molecule has 5 heteroatoms. The maximum atomic E-state index is 5.18. The summed E-state index contributed by atoms with van der Waals surface area (Å²) < 4.78 is 5.18. The SMILES string of the molecule is CN=C(NCc1ccccc1CN1CC(C)CC(C)C1)NC(C)COC. The van der Waals surface area contributed by atoms with Crippen LogP contribution in [-0.4, -0.2) is 50.8 Å². The Morgan fingerprint density at radius 1 is 1.23 bits per heavy atom. The van der Waals surface area contributed by atoms with E-state index < -0.39 is 0 Å². The zero-order valence-electron chi connectivity index (χ0n) is 17.1. The second-order valence-corrected chi connectivity index (χ2v) is 7.84. The topological polar surface area (TPSA) is 48.9 Å². The standard InChI is InChI=1S/C21H36N4O/c1-16-10-17(2)13-25(12-16)14-20-9-7-6-8-19(20)11-23-21(22-4)24-18(3)15-26-5/h6-9,16-18H,10-15H2,1-5H3,(H2,22,23,24). The van der Waals surface area contributed by atoms with Crippen LogP contribution in [0.2, 0.25) is 0 Å². The second kappa shape index (κ2) is 10.5. The van der Waals surface area contributed by atoms with Crippen molar-refractivity contribution in [3.63, 3.8) is 0 Å². The third kappa shape index (κ3) is 6.61. The van der Waals surface area contributed by atoms with Crippen molar-refractivity contribution in [1.29, 1.82) is 0 Å². The summed E-state index contributed by atoms with van der Waals surface area (Å²) in [6, 6.07) is 8.95. The van der Waals surface area contributed by atoms with Gasteiger partial charge in [-0.1, -0.05) is 38.1 Å². The maximum Gasteiger partial charge on any atom is 0.191 e. The molecule has 3 atom stereocenters. The number of nitrogens with zero attached hydrogens (tertiary/aromatic N) is 2. The number of benzene rings is 1. The summed E-state index contributed by atoms with van der Waals surface area (Å²) >= 11 is 0. The summed E-state index contributed by atoms with van der Waals surface area (Å²) in [5, 5.41) is 6.79. The highest BCUT2D eigenvalue weighted by atomic mass is 16.5. The van der Waals surface area contributed by atoms with E-state index in [2.05, 4.69) is 65.6 Å². The molecule has 1 aromatic rings. The lowest BCUT2D eigenvalue weighted by atomic mass is 9.91. The second-order valence-electron chi connectivity index (χ2n) is 7.84. The molecule has 0 spiro atoms. The minimum atomic E-state index is 0.220. The first-order valence-corrected chi connectivity index (χ1v) is 9.77. The van der Waals surface area contributed by atoms with Crippen molar-refractivity contribution in [2.24, 2.45) is 16.8 Å². The van der Waals surface area contributed by atoms with E-state index in [1.54, 1.807) is 14.2 Å². The molecule has 26 heavy (non-hydrogen) atoms. The number of hydrogen-bond donors (Lipinski definition) is 2. The molecule has 2 rings (SSSR count). The molecule has 2 N–H and O–H groups in total. The highest BCUT2D eigenvalue weighted by molar-refractivity contribution is 5.79. The highest BCUT2D eigenvalue weighted by Gasteiger charge is 2.22. The average Bonchev–Trinajstić information content (AvgIpc) is 2.59. The monoisotopic (exact) mass is 360 g/mol. The Kier molecular flexibility index (Phi) is 8.39. The maximum absolute atomic E-state index is 5.18. The van der Waals surface area contributed by atoms with Gasteiger partial charge in [0.15, 0.2) is 5.96 Å². The zero-order chi connectivity index (χ0) is 18.9. The zero-order valence-corrected chi connectivity index (χ0v) is 17.1. The van der Waals surface area contributed by atoms with Gasteiger partial charge in [0.1, 0.15) is 0 Å². The Hall–Kier alpha value is -1.59. The van der Waals surface area contributed by atoms with Crippen LogP contribution in [0.15, 0.2) is 29.3 Å². The predicted molar refractivity (Wildman–Crippen MR) is 109 cm³/mol. The van der Waals surface area contributed by atoms with E-state index >= 15 is 0 Å². The summed E-state index contributed by atoms with van der Waals surface area (Å²) in [7, 11) is 3.52. The first-order chi connectivity index (χ1) is 12.5. The van der Waals surface area contributed by atoms with Gasteiger partial charge in [-0.25, -0.2) is 0 Å². The highest BCUT2D eigenvalue weighted by Crippen LogP contribution is 2.23. The average molecular weight is 361 g/mol. The van der Waals surface area contributed by atoms with E-state index in [-0.39, 0.29) is 6.04 Å². The van der Waals surface area contributed by atoms with E-state index in [1.165, 1.54) is 30.6 Å². The number of piperidine rings is 1. The first kappa shape index (κ1) is 20.7. The lowest BCUT2D eigenvalue weighted by molar-refractivity contribution is 0.134. The molecule has 1 heterocycles. The molecule has 1 aromatic carbocycles. The van der Waals surface area contributed by atoms with Gasteiger partial charge in [0.05, 0.1) is 6.61 Å². The minimum Gasteiger partial charge on any atom is -0.383 e. The molecule has 0 amide bonds. The first-order valence-electron chi connectivity index (χ1n) is 9.77. The number of guanidine groups is 1. The molecule has 146 valence electrons. The van der Waals surface area contributed by atoms with E-state index in [0.29, 0.717) is 6.61 Å². The van der Waals surface area contributed by atoms with Crippen molar-refractivity contribution in [3.8, 4) is 0 Å². The van der Waals surface area contributed by atoms with Crippen LogP contribution in [0.4, 0.5) is 0 Å².